The predicted octanol–water partition coefficient (Wildman–Crippen LogP) is 4.57. The maximum absolute atomic E-state index is 12.5. The normalized spacial score (nSPS) is 11.6. The third kappa shape index (κ3) is 5.30. The first kappa shape index (κ1) is 20.9. The number of nitrogens with one attached hydrogen (secondary N) is 1. The second kappa shape index (κ2) is 10.1. The molecule has 2 aromatic carbocycles. The molecule has 5 nitrogen and oxygen atoms in total. The summed E-state index contributed by atoms with van der Waals surface area (Å²) in [7, 11) is 4.72. The van der Waals surface area contributed by atoms with Gasteiger partial charge in [-0.25, -0.2) is 0 Å². The summed E-state index contributed by atoms with van der Waals surface area (Å²) < 4.78 is 16.2. The van der Waals surface area contributed by atoms with Gasteiger partial charge in [0.2, 0.25) is 11.7 Å². The molecule has 0 spiro atoms. The molecule has 0 bridgehead atoms. The van der Waals surface area contributed by atoms with Crippen LogP contribution in [0.2, 0.25) is 5.02 Å². The number of halogens is 1. The highest BCUT2D eigenvalue weighted by atomic mass is 35.5. The lowest BCUT2D eigenvalue weighted by Crippen LogP contribution is -2.28. The van der Waals surface area contributed by atoms with E-state index in [9.17, 15) is 4.79 Å². The lowest BCUT2D eigenvalue weighted by Gasteiger charge is -2.18. The largest absolute Gasteiger partial charge is 0.493 e. The Morgan fingerprint density at radius 2 is 1.67 bits per heavy atom. The van der Waals surface area contributed by atoms with Crippen molar-refractivity contribution in [3.8, 4) is 17.2 Å². The Hall–Kier alpha value is -2.40. The molecule has 6 heteroatoms. The van der Waals surface area contributed by atoms with Crippen LogP contribution in [0.5, 0.6) is 17.2 Å². The van der Waals surface area contributed by atoms with E-state index in [1.807, 2.05) is 43.3 Å². The van der Waals surface area contributed by atoms with E-state index in [1.165, 1.54) is 0 Å². The van der Waals surface area contributed by atoms with E-state index in [0.717, 1.165) is 17.5 Å². The van der Waals surface area contributed by atoms with Gasteiger partial charge in [0, 0.05) is 11.4 Å². The molecule has 0 aliphatic rings. The number of methoxy groups -OCH3 is 3. The minimum Gasteiger partial charge on any atom is -0.493 e. The number of ether oxygens (including phenoxy) is 3. The second-order valence-corrected chi connectivity index (χ2v) is 6.51. The van der Waals surface area contributed by atoms with Gasteiger partial charge in [-0.15, -0.1) is 0 Å². The van der Waals surface area contributed by atoms with Crippen molar-refractivity contribution in [3.63, 3.8) is 0 Å². The third-order valence-corrected chi connectivity index (χ3v) is 4.67. The molecule has 27 heavy (non-hydrogen) atoms. The van der Waals surface area contributed by atoms with Gasteiger partial charge in [-0.05, 0) is 42.2 Å². The molecule has 0 radical (unpaired) electrons. The van der Waals surface area contributed by atoms with Gasteiger partial charge in [0.25, 0.3) is 0 Å². The second-order valence-electron chi connectivity index (χ2n) is 6.07. The van der Waals surface area contributed by atoms with Crippen LogP contribution in [0.4, 0.5) is 0 Å². The van der Waals surface area contributed by atoms with E-state index in [2.05, 4.69) is 5.32 Å². The molecular formula is C21H26ClNO4. The molecule has 0 aromatic heterocycles. The molecule has 1 amide bonds. The number of aryl methyl sites for hydroxylation is 1. The van der Waals surface area contributed by atoms with Gasteiger partial charge < -0.3 is 19.5 Å². The fourth-order valence-electron chi connectivity index (χ4n) is 2.99. The van der Waals surface area contributed by atoms with E-state index in [4.69, 9.17) is 25.8 Å². The molecular weight excluding hydrogens is 366 g/mol. The van der Waals surface area contributed by atoms with Crippen molar-refractivity contribution < 1.29 is 19.0 Å². The van der Waals surface area contributed by atoms with Crippen LogP contribution in [0.1, 0.15) is 36.9 Å². The number of hydrogen-bond acceptors (Lipinski definition) is 4. The fraction of sp³-hybridized carbons (Fsp3) is 0.381. The highest BCUT2D eigenvalue weighted by molar-refractivity contribution is 6.30. The number of carbonyl (C=O) groups excluding carboxylic acids is 1. The average Bonchev–Trinajstić information content (AvgIpc) is 2.70. The number of hydrogen-bond donors (Lipinski definition) is 1. The summed E-state index contributed by atoms with van der Waals surface area (Å²) >= 11 is 5.94. The van der Waals surface area contributed by atoms with Crippen molar-refractivity contribution in [1.82, 2.24) is 5.32 Å². The SMILES string of the molecule is CCC(NC(=O)CCc1ccc(OC)c(OC)c1OC)c1ccc(Cl)cc1. The van der Waals surface area contributed by atoms with Crippen molar-refractivity contribution in [2.24, 2.45) is 0 Å². The Bertz CT molecular complexity index is 762. The summed E-state index contributed by atoms with van der Waals surface area (Å²) in [6, 6.07) is 11.2. The lowest BCUT2D eigenvalue weighted by atomic mass is 10.0. The van der Waals surface area contributed by atoms with E-state index < -0.39 is 0 Å². The zero-order valence-electron chi connectivity index (χ0n) is 16.2. The van der Waals surface area contributed by atoms with E-state index in [0.29, 0.717) is 35.1 Å². The molecule has 0 fully saturated rings. The van der Waals surface area contributed by atoms with Crippen LogP contribution in [-0.2, 0) is 11.2 Å². The monoisotopic (exact) mass is 391 g/mol. The molecule has 0 saturated carbocycles. The maximum atomic E-state index is 12.5. The maximum Gasteiger partial charge on any atom is 0.220 e. The van der Waals surface area contributed by atoms with Crippen molar-refractivity contribution >= 4 is 17.5 Å². The van der Waals surface area contributed by atoms with Crippen LogP contribution in [0.25, 0.3) is 0 Å². The molecule has 146 valence electrons. The predicted molar refractivity (Wildman–Crippen MR) is 107 cm³/mol. The molecule has 0 heterocycles. The zero-order chi connectivity index (χ0) is 19.8. The minimum atomic E-state index is -0.0398. The summed E-state index contributed by atoms with van der Waals surface area (Å²) in [5.41, 5.74) is 1.93. The number of carbonyl (C=O) groups is 1. The topological polar surface area (TPSA) is 56.8 Å². The highest BCUT2D eigenvalue weighted by Gasteiger charge is 2.18. The standard InChI is InChI=1S/C21H26ClNO4/c1-5-17(14-6-10-16(22)11-7-14)23-19(24)13-9-15-8-12-18(25-2)21(27-4)20(15)26-3/h6-8,10-12,17H,5,9,13H2,1-4H3,(H,23,24). The molecule has 1 unspecified atom stereocenters. The quantitative estimate of drug-likeness (QED) is 0.680. The van der Waals surface area contributed by atoms with Gasteiger partial charge in [-0.1, -0.05) is 36.7 Å². The first-order chi connectivity index (χ1) is 13.0. The Morgan fingerprint density at radius 3 is 2.22 bits per heavy atom. The molecule has 0 saturated heterocycles. The first-order valence-electron chi connectivity index (χ1n) is 8.86. The molecule has 2 rings (SSSR count). The average molecular weight is 392 g/mol. The van der Waals surface area contributed by atoms with Gasteiger partial charge in [-0.2, -0.15) is 0 Å². The van der Waals surface area contributed by atoms with Gasteiger partial charge >= 0.3 is 0 Å². The number of amides is 1. The summed E-state index contributed by atoms with van der Waals surface area (Å²) in [4.78, 5) is 12.5. The summed E-state index contributed by atoms with van der Waals surface area (Å²) in [5, 5.41) is 3.76. The number of benzene rings is 2. The molecule has 0 aliphatic heterocycles. The van der Waals surface area contributed by atoms with Crippen molar-refractivity contribution in [3.05, 3.63) is 52.5 Å². The van der Waals surface area contributed by atoms with Crippen LogP contribution >= 0.6 is 11.6 Å². The highest BCUT2D eigenvalue weighted by Crippen LogP contribution is 2.40. The molecule has 2 aromatic rings. The number of rotatable bonds is 9. The van der Waals surface area contributed by atoms with E-state index in [-0.39, 0.29) is 11.9 Å². The third-order valence-electron chi connectivity index (χ3n) is 4.42. The van der Waals surface area contributed by atoms with Gasteiger partial charge in [0.1, 0.15) is 0 Å². The summed E-state index contributed by atoms with van der Waals surface area (Å²) in [6.45, 7) is 2.04. The van der Waals surface area contributed by atoms with Gasteiger partial charge in [0.15, 0.2) is 11.5 Å². The van der Waals surface area contributed by atoms with Crippen molar-refractivity contribution in [1.29, 1.82) is 0 Å². The smallest absolute Gasteiger partial charge is 0.220 e. The first-order valence-corrected chi connectivity index (χ1v) is 9.24. The van der Waals surface area contributed by atoms with Gasteiger partial charge in [0.05, 0.1) is 27.4 Å². The molecule has 1 atom stereocenters. The fourth-order valence-corrected chi connectivity index (χ4v) is 3.12. The zero-order valence-corrected chi connectivity index (χ0v) is 16.9. The van der Waals surface area contributed by atoms with Crippen LogP contribution < -0.4 is 19.5 Å². The summed E-state index contributed by atoms with van der Waals surface area (Å²) in [5.74, 6) is 1.70. The van der Waals surface area contributed by atoms with Gasteiger partial charge in [-0.3, -0.25) is 4.79 Å². The van der Waals surface area contributed by atoms with Crippen LogP contribution in [0.3, 0.4) is 0 Å². The Balaban J connectivity index is 2.05. The van der Waals surface area contributed by atoms with E-state index >= 15 is 0 Å². The van der Waals surface area contributed by atoms with Crippen molar-refractivity contribution in [2.75, 3.05) is 21.3 Å². The summed E-state index contributed by atoms with van der Waals surface area (Å²) in [6.07, 6.45) is 1.68. The Morgan fingerprint density at radius 1 is 1.00 bits per heavy atom. The van der Waals surface area contributed by atoms with Crippen LogP contribution in [-0.4, -0.2) is 27.2 Å². The van der Waals surface area contributed by atoms with Crippen molar-refractivity contribution in [2.45, 2.75) is 32.2 Å². The Labute approximate surface area is 165 Å². The van der Waals surface area contributed by atoms with Crippen LogP contribution in [0.15, 0.2) is 36.4 Å². The molecule has 0 aliphatic carbocycles. The molecule has 1 N–H and O–H groups in total. The van der Waals surface area contributed by atoms with E-state index in [1.54, 1.807) is 21.3 Å². The minimum absolute atomic E-state index is 0.0198. The van der Waals surface area contributed by atoms with Crippen LogP contribution in [0, 0.1) is 0 Å². The lowest BCUT2D eigenvalue weighted by molar-refractivity contribution is -0.121. The Kier molecular flexibility index (Phi) is 7.80.